The number of unbranched alkanes of at least 4 members (excludes halogenated alkanes) is 2. The largest absolute Gasteiger partial charge is 0.305 e. The van der Waals surface area contributed by atoms with Crippen LogP contribution in [0.1, 0.15) is 32.6 Å². The molecule has 0 bridgehead atoms. The molecule has 0 aliphatic carbocycles. The first-order chi connectivity index (χ1) is 5.45. The minimum absolute atomic E-state index is 0.598. The van der Waals surface area contributed by atoms with E-state index in [1.54, 1.807) is 0 Å². The molecule has 1 atom stereocenters. The monoisotopic (exact) mass is 195 g/mol. The topological polar surface area (TPSA) is 69.4 Å². The van der Waals surface area contributed by atoms with E-state index in [2.05, 4.69) is 11.1 Å². The highest BCUT2D eigenvalue weighted by atomic mass is 32.2. The van der Waals surface area contributed by atoms with Crippen LogP contribution >= 0.6 is 0 Å². The van der Waals surface area contributed by atoms with Crippen molar-refractivity contribution in [2.75, 3.05) is 6.26 Å². The first kappa shape index (κ1) is 11.9. The third-order valence-electron chi connectivity index (χ3n) is 1.39. The van der Waals surface area contributed by atoms with Crippen LogP contribution in [0.15, 0.2) is 0 Å². The van der Waals surface area contributed by atoms with Gasteiger partial charge in [0.1, 0.15) is 6.23 Å². The molecule has 0 aromatic rings. The van der Waals surface area contributed by atoms with Crippen LogP contribution < -0.4 is 5.73 Å². The maximum absolute atomic E-state index is 10.6. The molecule has 0 heterocycles. The van der Waals surface area contributed by atoms with Gasteiger partial charge in [-0.05, 0) is 12.8 Å². The van der Waals surface area contributed by atoms with Crippen molar-refractivity contribution in [1.29, 1.82) is 0 Å². The normalized spacial score (nSPS) is 14.6. The zero-order valence-corrected chi connectivity index (χ0v) is 8.43. The average molecular weight is 195 g/mol. The van der Waals surface area contributed by atoms with Crippen molar-refractivity contribution >= 4 is 10.1 Å². The highest BCUT2D eigenvalue weighted by molar-refractivity contribution is 7.86. The van der Waals surface area contributed by atoms with Crippen molar-refractivity contribution in [2.45, 2.75) is 38.8 Å². The molecule has 12 heavy (non-hydrogen) atoms. The highest BCUT2D eigenvalue weighted by Crippen LogP contribution is 2.04. The fourth-order valence-electron chi connectivity index (χ4n) is 0.868. The van der Waals surface area contributed by atoms with Crippen LogP contribution in [0.2, 0.25) is 0 Å². The Morgan fingerprint density at radius 2 is 2.00 bits per heavy atom. The minimum atomic E-state index is -3.39. The number of hydrogen-bond donors (Lipinski definition) is 1. The molecule has 5 heteroatoms. The van der Waals surface area contributed by atoms with Crippen LogP contribution in [0.25, 0.3) is 0 Å². The van der Waals surface area contributed by atoms with Gasteiger partial charge in [-0.1, -0.05) is 19.8 Å². The fraction of sp³-hybridized carbons (Fsp3) is 1.00. The van der Waals surface area contributed by atoms with Crippen molar-refractivity contribution in [1.82, 2.24) is 0 Å². The van der Waals surface area contributed by atoms with Crippen LogP contribution in [0.4, 0.5) is 0 Å². The molecule has 0 saturated heterocycles. The molecule has 0 radical (unpaired) electrons. The molecule has 0 aromatic heterocycles. The van der Waals surface area contributed by atoms with Crippen LogP contribution in [0, 0.1) is 0 Å². The lowest BCUT2D eigenvalue weighted by molar-refractivity contribution is 0.204. The summed E-state index contributed by atoms with van der Waals surface area (Å²) in [5.74, 6) is 0. The first-order valence-electron chi connectivity index (χ1n) is 4.09. The Kier molecular flexibility index (Phi) is 5.44. The molecule has 4 nitrogen and oxygen atoms in total. The summed E-state index contributed by atoms with van der Waals surface area (Å²) < 4.78 is 25.7. The van der Waals surface area contributed by atoms with Gasteiger partial charge in [0, 0.05) is 0 Å². The molecule has 0 aliphatic heterocycles. The molecule has 2 N–H and O–H groups in total. The summed E-state index contributed by atoms with van der Waals surface area (Å²) >= 11 is 0. The Labute approximate surface area is 74.2 Å². The molecule has 0 aliphatic rings. The number of rotatable bonds is 6. The SMILES string of the molecule is CCCCCC(N)OS(C)(=O)=O. The molecule has 0 aromatic carbocycles. The van der Waals surface area contributed by atoms with Gasteiger partial charge < -0.3 is 5.73 Å². The van der Waals surface area contributed by atoms with Crippen molar-refractivity contribution in [3.8, 4) is 0 Å². The Morgan fingerprint density at radius 1 is 1.42 bits per heavy atom. The lowest BCUT2D eigenvalue weighted by atomic mass is 10.2. The van der Waals surface area contributed by atoms with Crippen LogP contribution in [-0.4, -0.2) is 20.9 Å². The highest BCUT2D eigenvalue weighted by Gasteiger charge is 2.09. The summed E-state index contributed by atoms with van der Waals surface area (Å²) in [6, 6.07) is 0. The quantitative estimate of drug-likeness (QED) is 0.387. The molecule has 0 spiro atoms. The molecule has 0 fully saturated rings. The summed E-state index contributed by atoms with van der Waals surface area (Å²) in [7, 11) is -3.39. The van der Waals surface area contributed by atoms with Gasteiger partial charge in [0.2, 0.25) is 0 Å². The van der Waals surface area contributed by atoms with Gasteiger partial charge in [-0.15, -0.1) is 0 Å². The molecular weight excluding hydrogens is 178 g/mol. The van der Waals surface area contributed by atoms with E-state index in [-0.39, 0.29) is 0 Å². The summed E-state index contributed by atoms with van der Waals surface area (Å²) in [6.45, 7) is 2.07. The van der Waals surface area contributed by atoms with Gasteiger partial charge in [0.25, 0.3) is 10.1 Å². The molecule has 0 saturated carbocycles. The van der Waals surface area contributed by atoms with E-state index >= 15 is 0 Å². The van der Waals surface area contributed by atoms with Crippen LogP contribution in [0.5, 0.6) is 0 Å². The second-order valence-electron chi connectivity index (χ2n) is 2.83. The maximum atomic E-state index is 10.6. The van der Waals surface area contributed by atoms with E-state index in [1.165, 1.54) is 0 Å². The van der Waals surface area contributed by atoms with Gasteiger partial charge in [0.05, 0.1) is 6.26 Å². The summed E-state index contributed by atoms with van der Waals surface area (Å²) in [5, 5.41) is 0. The van der Waals surface area contributed by atoms with Gasteiger partial charge in [0.15, 0.2) is 0 Å². The predicted molar refractivity (Wildman–Crippen MR) is 48.0 cm³/mol. The number of hydrogen-bond acceptors (Lipinski definition) is 4. The second kappa shape index (κ2) is 5.50. The van der Waals surface area contributed by atoms with E-state index in [0.717, 1.165) is 25.5 Å². The van der Waals surface area contributed by atoms with Crippen molar-refractivity contribution in [3.05, 3.63) is 0 Å². The Bertz CT molecular complexity index is 201. The van der Waals surface area contributed by atoms with Crippen LogP contribution in [-0.2, 0) is 14.3 Å². The standard InChI is InChI=1S/C7H17NO3S/c1-3-4-5-6-7(8)11-12(2,9)10/h7H,3-6,8H2,1-2H3. The van der Waals surface area contributed by atoms with Gasteiger partial charge in [-0.2, -0.15) is 8.42 Å². The summed E-state index contributed by atoms with van der Waals surface area (Å²) in [4.78, 5) is 0. The van der Waals surface area contributed by atoms with E-state index in [1.807, 2.05) is 0 Å². The Balaban J connectivity index is 3.53. The molecule has 0 amide bonds. The van der Waals surface area contributed by atoms with Crippen molar-refractivity contribution in [3.63, 3.8) is 0 Å². The number of nitrogens with two attached hydrogens (primary N) is 1. The predicted octanol–water partition coefficient (Wildman–Crippen LogP) is 0.828. The average Bonchev–Trinajstić information content (AvgIpc) is 1.84. The van der Waals surface area contributed by atoms with Crippen LogP contribution in [0.3, 0.4) is 0 Å². The third kappa shape index (κ3) is 7.97. The van der Waals surface area contributed by atoms with Crippen molar-refractivity contribution < 1.29 is 12.6 Å². The van der Waals surface area contributed by atoms with E-state index in [4.69, 9.17) is 5.73 Å². The smallest absolute Gasteiger partial charge is 0.265 e. The lowest BCUT2D eigenvalue weighted by Crippen LogP contribution is -2.26. The zero-order valence-electron chi connectivity index (χ0n) is 7.62. The van der Waals surface area contributed by atoms with E-state index in [0.29, 0.717) is 6.42 Å². The van der Waals surface area contributed by atoms with Gasteiger partial charge in [-0.25, -0.2) is 0 Å². The molecular formula is C7H17NO3S. The fourth-order valence-corrected chi connectivity index (χ4v) is 1.41. The van der Waals surface area contributed by atoms with E-state index in [9.17, 15) is 8.42 Å². The third-order valence-corrected chi connectivity index (χ3v) is 1.99. The Morgan fingerprint density at radius 3 is 2.42 bits per heavy atom. The summed E-state index contributed by atoms with van der Waals surface area (Å²) in [6.07, 6.45) is 3.99. The molecule has 1 unspecified atom stereocenters. The van der Waals surface area contributed by atoms with Crippen molar-refractivity contribution in [2.24, 2.45) is 5.73 Å². The minimum Gasteiger partial charge on any atom is -0.305 e. The maximum Gasteiger partial charge on any atom is 0.265 e. The first-order valence-corrected chi connectivity index (χ1v) is 5.91. The van der Waals surface area contributed by atoms with Gasteiger partial charge in [-0.3, -0.25) is 4.18 Å². The lowest BCUT2D eigenvalue weighted by Gasteiger charge is -2.09. The molecule has 74 valence electrons. The Hall–Kier alpha value is -0.130. The second-order valence-corrected chi connectivity index (χ2v) is 4.44. The summed E-state index contributed by atoms with van der Waals surface area (Å²) in [5.41, 5.74) is 5.40. The van der Waals surface area contributed by atoms with Gasteiger partial charge >= 0.3 is 0 Å². The van der Waals surface area contributed by atoms with E-state index < -0.39 is 16.3 Å². The zero-order chi connectivity index (χ0) is 9.61. The molecule has 0 rings (SSSR count).